The fourth-order valence-electron chi connectivity index (χ4n) is 1.40. The van der Waals surface area contributed by atoms with Crippen molar-refractivity contribution in [2.75, 3.05) is 20.3 Å². The number of hydrogen-bond acceptors (Lipinski definition) is 4. The van der Waals surface area contributed by atoms with E-state index in [9.17, 15) is 9.90 Å². The largest absolute Gasteiger partial charge is 0.491 e. The van der Waals surface area contributed by atoms with E-state index in [0.29, 0.717) is 11.3 Å². The van der Waals surface area contributed by atoms with Gasteiger partial charge >= 0.3 is 5.97 Å². The zero-order valence-corrected chi connectivity index (χ0v) is 9.84. The molecule has 1 aromatic rings. The van der Waals surface area contributed by atoms with Crippen LogP contribution in [0.5, 0.6) is 5.75 Å². The van der Waals surface area contributed by atoms with Gasteiger partial charge in [0, 0.05) is 7.11 Å². The zero-order valence-electron chi connectivity index (χ0n) is 9.84. The summed E-state index contributed by atoms with van der Waals surface area (Å²) in [6.45, 7) is 2.01. The Labute approximate surface area is 99.6 Å². The first-order valence-electron chi connectivity index (χ1n) is 5.18. The third-order valence-electron chi connectivity index (χ3n) is 2.23. The van der Waals surface area contributed by atoms with Crippen LogP contribution in [-0.2, 0) is 4.74 Å². The lowest BCUT2D eigenvalue weighted by molar-refractivity contribution is 0.0325. The molecule has 5 heteroatoms. The molecule has 0 amide bonds. The Morgan fingerprint density at radius 2 is 2.12 bits per heavy atom. The molecule has 17 heavy (non-hydrogen) atoms. The summed E-state index contributed by atoms with van der Waals surface area (Å²) in [6, 6.07) is 4.68. The number of hydrogen-bond donors (Lipinski definition) is 2. The van der Waals surface area contributed by atoms with Gasteiger partial charge in [0.15, 0.2) is 0 Å². The quantitative estimate of drug-likeness (QED) is 0.778. The Balaban J connectivity index is 2.62. The maximum Gasteiger partial charge on any atom is 0.335 e. The number of benzene rings is 1. The van der Waals surface area contributed by atoms with E-state index in [-0.39, 0.29) is 18.8 Å². The number of methoxy groups -OCH3 is 1. The molecule has 1 rings (SSSR count). The van der Waals surface area contributed by atoms with Crippen molar-refractivity contribution in [2.45, 2.75) is 13.0 Å². The number of carboxylic acid groups (broad SMARTS) is 1. The SMILES string of the molecule is COCC(O)COc1ccc(C(=O)O)c(C)c1. The monoisotopic (exact) mass is 240 g/mol. The number of ether oxygens (including phenoxy) is 2. The first-order valence-corrected chi connectivity index (χ1v) is 5.18. The van der Waals surface area contributed by atoms with E-state index in [1.54, 1.807) is 19.1 Å². The predicted octanol–water partition coefficient (Wildman–Crippen LogP) is 1.08. The number of carboxylic acids is 1. The Kier molecular flexibility index (Phi) is 4.93. The Morgan fingerprint density at radius 3 is 2.65 bits per heavy atom. The van der Waals surface area contributed by atoms with Gasteiger partial charge in [-0.1, -0.05) is 0 Å². The second-order valence-electron chi connectivity index (χ2n) is 3.70. The molecule has 5 nitrogen and oxygen atoms in total. The highest BCUT2D eigenvalue weighted by Crippen LogP contribution is 2.17. The van der Waals surface area contributed by atoms with Crippen molar-refractivity contribution in [3.63, 3.8) is 0 Å². The minimum Gasteiger partial charge on any atom is -0.491 e. The van der Waals surface area contributed by atoms with Gasteiger partial charge in [-0.15, -0.1) is 0 Å². The third-order valence-corrected chi connectivity index (χ3v) is 2.23. The molecule has 2 N–H and O–H groups in total. The van der Waals surface area contributed by atoms with Crippen LogP contribution < -0.4 is 4.74 Å². The van der Waals surface area contributed by atoms with Crippen LogP contribution in [0.1, 0.15) is 15.9 Å². The smallest absolute Gasteiger partial charge is 0.335 e. The highest BCUT2D eigenvalue weighted by Gasteiger charge is 2.09. The Hall–Kier alpha value is -1.59. The van der Waals surface area contributed by atoms with Crippen molar-refractivity contribution in [3.05, 3.63) is 29.3 Å². The van der Waals surface area contributed by atoms with Crippen LogP contribution in [0, 0.1) is 6.92 Å². The maximum absolute atomic E-state index is 10.8. The molecule has 1 atom stereocenters. The predicted molar refractivity (Wildman–Crippen MR) is 61.5 cm³/mol. The molecule has 0 aliphatic carbocycles. The van der Waals surface area contributed by atoms with Crippen molar-refractivity contribution in [1.29, 1.82) is 0 Å². The summed E-state index contributed by atoms with van der Waals surface area (Å²) in [4.78, 5) is 10.8. The lowest BCUT2D eigenvalue weighted by Crippen LogP contribution is -2.22. The lowest BCUT2D eigenvalue weighted by Gasteiger charge is -2.12. The minimum absolute atomic E-state index is 0.111. The van der Waals surface area contributed by atoms with Gasteiger partial charge < -0.3 is 19.7 Å². The molecule has 0 aliphatic heterocycles. The molecule has 0 bridgehead atoms. The van der Waals surface area contributed by atoms with Gasteiger partial charge in [0.25, 0.3) is 0 Å². The molecular formula is C12H16O5. The van der Waals surface area contributed by atoms with Crippen LogP contribution in [0.15, 0.2) is 18.2 Å². The van der Waals surface area contributed by atoms with E-state index in [2.05, 4.69) is 0 Å². The first kappa shape index (κ1) is 13.5. The van der Waals surface area contributed by atoms with Crippen LogP contribution in [0.2, 0.25) is 0 Å². The topological polar surface area (TPSA) is 76.0 Å². The highest BCUT2D eigenvalue weighted by atomic mass is 16.5. The summed E-state index contributed by atoms with van der Waals surface area (Å²) >= 11 is 0. The van der Waals surface area contributed by atoms with E-state index in [1.165, 1.54) is 13.2 Å². The van der Waals surface area contributed by atoms with E-state index >= 15 is 0 Å². The van der Waals surface area contributed by atoms with Crippen LogP contribution in [-0.4, -0.2) is 42.6 Å². The summed E-state index contributed by atoms with van der Waals surface area (Å²) in [5.74, 6) is -0.434. The van der Waals surface area contributed by atoms with Crippen molar-refractivity contribution in [3.8, 4) is 5.75 Å². The molecule has 1 aromatic carbocycles. The van der Waals surface area contributed by atoms with Crippen LogP contribution in [0.3, 0.4) is 0 Å². The fourth-order valence-corrected chi connectivity index (χ4v) is 1.40. The van der Waals surface area contributed by atoms with Crippen molar-refractivity contribution >= 4 is 5.97 Å². The molecule has 0 heterocycles. The molecule has 0 aliphatic rings. The van der Waals surface area contributed by atoms with Crippen LogP contribution in [0.4, 0.5) is 0 Å². The van der Waals surface area contributed by atoms with Gasteiger partial charge in [-0.3, -0.25) is 0 Å². The molecule has 0 saturated heterocycles. The van der Waals surface area contributed by atoms with Crippen LogP contribution >= 0.6 is 0 Å². The van der Waals surface area contributed by atoms with Gasteiger partial charge in [-0.2, -0.15) is 0 Å². The molecule has 0 saturated carbocycles. The number of aliphatic hydroxyl groups excluding tert-OH is 1. The molecular weight excluding hydrogens is 224 g/mol. The van der Waals surface area contributed by atoms with Crippen LogP contribution in [0.25, 0.3) is 0 Å². The lowest BCUT2D eigenvalue weighted by atomic mass is 10.1. The average molecular weight is 240 g/mol. The van der Waals surface area contributed by atoms with E-state index in [4.69, 9.17) is 14.6 Å². The number of aliphatic hydroxyl groups is 1. The standard InChI is InChI=1S/C12H16O5/c1-8-5-10(3-4-11(8)12(14)15)17-7-9(13)6-16-2/h3-5,9,13H,6-7H2,1-2H3,(H,14,15). The van der Waals surface area contributed by atoms with Gasteiger partial charge in [0.05, 0.1) is 12.2 Å². The normalized spacial score (nSPS) is 12.2. The summed E-state index contributed by atoms with van der Waals surface area (Å²) in [7, 11) is 1.50. The summed E-state index contributed by atoms with van der Waals surface area (Å²) in [5, 5.41) is 18.2. The Bertz CT molecular complexity index is 388. The second-order valence-corrected chi connectivity index (χ2v) is 3.70. The molecule has 0 aromatic heterocycles. The van der Waals surface area contributed by atoms with Gasteiger partial charge in [-0.25, -0.2) is 4.79 Å². The summed E-state index contributed by atoms with van der Waals surface area (Å²) in [6.07, 6.45) is -0.695. The highest BCUT2D eigenvalue weighted by molar-refractivity contribution is 5.89. The summed E-state index contributed by atoms with van der Waals surface area (Å²) in [5.41, 5.74) is 0.867. The zero-order chi connectivity index (χ0) is 12.8. The second kappa shape index (κ2) is 6.22. The van der Waals surface area contributed by atoms with Crippen molar-refractivity contribution in [2.24, 2.45) is 0 Å². The average Bonchev–Trinajstić information content (AvgIpc) is 2.26. The fraction of sp³-hybridized carbons (Fsp3) is 0.417. The number of carbonyl (C=O) groups is 1. The van der Waals surface area contributed by atoms with Gasteiger partial charge in [0.1, 0.15) is 18.5 Å². The third kappa shape index (κ3) is 4.05. The van der Waals surface area contributed by atoms with Gasteiger partial charge in [-0.05, 0) is 30.7 Å². The van der Waals surface area contributed by atoms with Crippen molar-refractivity contribution in [1.82, 2.24) is 0 Å². The molecule has 0 fully saturated rings. The number of rotatable bonds is 6. The van der Waals surface area contributed by atoms with Gasteiger partial charge in [0.2, 0.25) is 0 Å². The first-order chi connectivity index (χ1) is 8.04. The Morgan fingerprint density at radius 1 is 1.41 bits per heavy atom. The molecule has 94 valence electrons. The minimum atomic E-state index is -0.964. The molecule has 0 spiro atoms. The van der Waals surface area contributed by atoms with Crippen molar-refractivity contribution < 1.29 is 24.5 Å². The van der Waals surface area contributed by atoms with E-state index < -0.39 is 12.1 Å². The number of aryl methyl sites for hydroxylation is 1. The molecule has 0 radical (unpaired) electrons. The maximum atomic E-state index is 10.8. The summed E-state index contributed by atoms with van der Waals surface area (Å²) < 4.78 is 10.1. The molecule has 1 unspecified atom stereocenters. The number of aromatic carboxylic acids is 1. The van der Waals surface area contributed by atoms with E-state index in [0.717, 1.165) is 0 Å². The van der Waals surface area contributed by atoms with E-state index in [1.807, 2.05) is 0 Å².